The number of benzene rings is 2. The molecule has 1 amide bonds. The Bertz CT molecular complexity index is 1420. The van der Waals surface area contributed by atoms with E-state index in [1.165, 1.54) is 18.1 Å². The summed E-state index contributed by atoms with van der Waals surface area (Å²) in [4.78, 5) is 38.3. The van der Waals surface area contributed by atoms with Crippen LogP contribution in [0.1, 0.15) is 10.4 Å². The standard InChI is InChI=1S/C24H19Br2N5O3/c25-16-10-15-11-18(24(33)34-22(15)19(26)12-16)23(32)29-20-13-21(28-14-27-20)31-8-6-30(7-9-31)17-4-2-1-3-5-17/h1-5,10-14H,6-9H2,(H,27,28,29,32). The van der Waals surface area contributed by atoms with Gasteiger partial charge in [0.1, 0.15) is 23.5 Å². The van der Waals surface area contributed by atoms with E-state index in [0.29, 0.717) is 21.3 Å². The second-order valence-electron chi connectivity index (χ2n) is 7.78. The van der Waals surface area contributed by atoms with Gasteiger partial charge in [-0.3, -0.25) is 4.79 Å². The summed E-state index contributed by atoms with van der Waals surface area (Å²) in [6, 6.07) is 17.1. The number of aromatic nitrogens is 2. The van der Waals surface area contributed by atoms with Crippen LogP contribution in [0.15, 0.2) is 79.1 Å². The van der Waals surface area contributed by atoms with E-state index < -0.39 is 11.5 Å². The molecule has 1 fully saturated rings. The molecule has 0 bridgehead atoms. The fourth-order valence-corrected chi connectivity index (χ4v) is 5.26. The van der Waals surface area contributed by atoms with Crippen LogP contribution in [-0.2, 0) is 0 Å². The van der Waals surface area contributed by atoms with E-state index in [0.717, 1.165) is 36.5 Å². The first-order valence-electron chi connectivity index (χ1n) is 10.6. The lowest BCUT2D eigenvalue weighted by Crippen LogP contribution is -2.46. The van der Waals surface area contributed by atoms with E-state index in [1.54, 1.807) is 18.2 Å². The zero-order valence-electron chi connectivity index (χ0n) is 17.9. The average molecular weight is 585 g/mol. The third-order valence-electron chi connectivity index (χ3n) is 5.62. The molecule has 1 aliphatic rings. The van der Waals surface area contributed by atoms with Crippen LogP contribution >= 0.6 is 31.9 Å². The summed E-state index contributed by atoms with van der Waals surface area (Å²) in [6.07, 6.45) is 1.41. The highest BCUT2D eigenvalue weighted by atomic mass is 79.9. The highest BCUT2D eigenvalue weighted by Crippen LogP contribution is 2.28. The predicted molar refractivity (Wildman–Crippen MR) is 139 cm³/mol. The number of halogens is 2. The Morgan fingerprint density at radius 3 is 2.44 bits per heavy atom. The molecule has 2 aromatic heterocycles. The molecule has 2 aromatic carbocycles. The second kappa shape index (κ2) is 9.55. The lowest BCUT2D eigenvalue weighted by atomic mass is 10.2. The van der Waals surface area contributed by atoms with Crippen LogP contribution in [0.4, 0.5) is 17.3 Å². The number of para-hydroxylation sites is 1. The number of rotatable bonds is 4. The molecule has 0 saturated carbocycles. The van der Waals surface area contributed by atoms with Gasteiger partial charge in [-0.2, -0.15) is 0 Å². The van der Waals surface area contributed by atoms with E-state index in [4.69, 9.17) is 4.42 Å². The van der Waals surface area contributed by atoms with Crippen LogP contribution in [0.5, 0.6) is 0 Å². The molecule has 4 aromatic rings. The second-order valence-corrected chi connectivity index (χ2v) is 9.55. The SMILES string of the molecule is O=C(Nc1cc(N2CCN(c3ccccc3)CC2)ncn1)c1cc2cc(Br)cc(Br)c2oc1=O. The number of nitrogens with zero attached hydrogens (tertiary/aromatic N) is 4. The zero-order chi connectivity index (χ0) is 23.7. The van der Waals surface area contributed by atoms with Crippen molar-refractivity contribution in [2.24, 2.45) is 0 Å². The Kier molecular flexibility index (Phi) is 6.34. The quantitative estimate of drug-likeness (QED) is 0.348. The molecule has 3 heterocycles. The van der Waals surface area contributed by atoms with Gasteiger partial charge in [0.2, 0.25) is 0 Å². The van der Waals surface area contributed by atoms with Gasteiger partial charge in [0.05, 0.1) is 4.47 Å². The fourth-order valence-electron chi connectivity index (χ4n) is 3.92. The molecular formula is C24H19Br2N5O3. The Morgan fingerprint density at radius 2 is 1.68 bits per heavy atom. The molecule has 172 valence electrons. The van der Waals surface area contributed by atoms with Gasteiger partial charge in [-0.15, -0.1) is 0 Å². The molecule has 8 nitrogen and oxygen atoms in total. The average Bonchev–Trinajstić information content (AvgIpc) is 2.85. The number of fused-ring (bicyclic) bond motifs is 1. The summed E-state index contributed by atoms with van der Waals surface area (Å²) < 4.78 is 6.78. The molecule has 1 aliphatic heterocycles. The molecule has 1 saturated heterocycles. The van der Waals surface area contributed by atoms with Gasteiger partial charge in [0.15, 0.2) is 5.58 Å². The number of amides is 1. The van der Waals surface area contributed by atoms with Crippen LogP contribution in [0, 0.1) is 0 Å². The maximum absolute atomic E-state index is 12.9. The first-order valence-corrected chi connectivity index (χ1v) is 12.2. The lowest BCUT2D eigenvalue weighted by molar-refractivity contribution is 0.102. The largest absolute Gasteiger partial charge is 0.421 e. The minimum absolute atomic E-state index is 0.103. The third-order valence-corrected chi connectivity index (χ3v) is 6.66. The van der Waals surface area contributed by atoms with Crippen LogP contribution in [0.25, 0.3) is 11.0 Å². The van der Waals surface area contributed by atoms with E-state index in [9.17, 15) is 9.59 Å². The van der Waals surface area contributed by atoms with Crippen molar-refractivity contribution in [1.82, 2.24) is 9.97 Å². The van der Waals surface area contributed by atoms with E-state index in [2.05, 4.69) is 69.1 Å². The predicted octanol–water partition coefficient (Wildman–Crippen LogP) is 4.69. The van der Waals surface area contributed by atoms with Crippen LogP contribution in [0.2, 0.25) is 0 Å². The molecule has 1 N–H and O–H groups in total. The van der Waals surface area contributed by atoms with Crippen molar-refractivity contribution in [2.45, 2.75) is 0 Å². The monoisotopic (exact) mass is 583 g/mol. The van der Waals surface area contributed by atoms with Crippen molar-refractivity contribution in [3.8, 4) is 0 Å². The summed E-state index contributed by atoms with van der Waals surface area (Å²) in [6.45, 7) is 3.30. The van der Waals surface area contributed by atoms with Gasteiger partial charge in [-0.25, -0.2) is 14.8 Å². The van der Waals surface area contributed by atoms with Gasteiger partial charge in [0, 0.05) is 47.8 Å². The number of carbonyl (C=O) groups is 1. The van der Waals surface area contributed by atoms with Crippen molar-refractivity contribution in [3.63, 3.8) is 0 Å². The van der Waals surface area contributed by atoms with Crippen molar-refractivity contribution >= 4 is 66.1 Å². The maximum Gasteiger partial charge on any atom is 0.349 e. The minimum atomic E-state index is -0.723. The number of hydrogen-bond acceptors (Lipinski definition) is 7. The number of hydrogen-bond donors (Lipinski definition) is 1. The lowest BCUT2D eigenvalue weighted by Gasteiger charge is -2.36. The van der Waals surface area contributed by atoms with Crippen LogP contribution in [0.3, 0.4) is 0 Å². The topological polar surface area (TPSA) is 91.6 Å². The van der Waals surface area contributed by atoms with Crippen molar-refractivity contribution in [2.75, 3.05) is 41.3 Å². The molecule has 0 aliphatic carbocycles. The summed E-state index contributed by atoms with van der Waals surface area (Å²) in [5, 5.41) is 3.31. The molecule has 0 unspecified atom stereocenters. The van der Waals surface area contributed by atoms with Crippen molar-refractivity contribution in [1.29, 1.82) is 0 Å². The smallest absolute Gasteiger partial charge is 0.349 e. The highest BCUT2D eigenvalue weighted by Gasteiger charge is 2.20. The van der Waals surface area contributed by atoms with Gasteiger partial charge in [-0.05, 0) is 46.3 Å². The molecular weight excluding hydrogens is 566 g/mol. The Labute approximate surface area is 211 Å². The van der Waals surface area contributed by atoms with Gasteiger partial charge >= 0.3 is 5.63 Å². The zero-order valence-corrected chi connectivity index (χ0v) is 21.0. The Hall–Kier alpha value is -3.24. The molecule has 0 atom stereocenters. The van der Waals surface area contributed by atoms with E-state index >= 15 is 0 Å². The van der Waals surface area contributed by atoms with Crippen LogP contribution < -0.4 is 20.7 Å². The summed E-state index contributed by atoms with van der Waals surface area (Å²) in [5.41, 5.74) is 0.753. The molecule has 5 rings (SSSR count). The number of carbonyl (C=O) groups excluding carboxylic acids is 1. The fraction of sp³-hybridized carbons (Fsp3) is 0.167. The first kappa shape index (κ1) is 22.5. The third kappa shape index (κ3) is 4.69. The molecule has 10 heteroatoms. The number of piperazine rings is 1. The minimum Gasteiger partial charge on any atom is -0.421 e. The Morgan fingerprint density at radius 1 is 0.941 bits per heavy atom. The summed E-state index contributed by atoms with van der Waals surface area (Å²) >= 11 is 6.78. The normalized spacial score (nSPS) is 13.8. The maximum atomic E-state index is 12.9. The molecule has 0 spiro atoms. The van der Waals surface area contributed by atoms with Crippen molar-refractivity contribution < 1.29 is 9.21 Å². The molecule has 0 radical (unpaired) electrons. The van der Waals surface area contributed by atoms with Gasteiger partial charge in [0.25, 0.3) is 5.91 Å². The first-order chi connectivity index (χ1) is 16.5. The van der Waals surface area contributed by atoms with Gasteiger partial charge in [-0.1, -0.05) is 34.1 Å². The highest BCUT2D eigenvalue weighted by molar-refractivity contribution is 9.11. The number of anilines is 3. The van der Waals surface area contributed by atoms with Crippen LogP contribution in [-0.4, -0.2) is 42.1 Å². The number of nitrogens with one attached hydrogen (secondary N) is 1. The summed E-state index contributed by atoms with van der Waals surface area (Å²) in [5.74, 6) is 0.442. The molecule has 34 heavy (non-hydrogen) atoms. The Balaban J connectivity index is 1.31. The van der Waals surface area contributed by atoms with Crippen molar-refractivity contribution in [3.05, 3.63) is 85.9 Å². The van der Waals surface area contributed by atoms with E-state index in [1.807, 2.05) is 18.2 Å². The van der Waals surface area contributed by atoms with E-state index in [-0.39, 0.29) is 5.56 Å². The summed E-state index contributed by atoms with van der Waals surface area (Å²) in [7, 11) is 0. The van der Waals surface area contributed by atoms with Gasteiger partial charge < -0.3 is 19.5 Å².